The molecule has 1 aliphatic rings. The molecule has 0 saturated heterocycles. The van der Waals surface area contributed by atoms with Crippen molar-refractivity contribution in [3.63, 3.8) is 0 Å². The van der Waals surface area contributed by atoms with E-state index in [0.29, 0.717) is 30.5 Å². The highest BCUT2D eigenvalue weighted by Crippen LogP contribution is 2.33. The highest BCUT2D eigenvalue weighted by Gasteiger charge is 2.23. The molecule has 39 heavy (non-hydrogen) atoms. The van der Waals surface area contributed by atoms with E-state index in [9.17, 15) is 14.0 Å². The molecule has 1 heterocycles. The van der Waals surface area contributed by atoms with E-state index in [4.69, 9.17) is 16.7 Å². The van der Waals surface area contributed by atoms with Gasteiger partial charge in [0.15, 0.2) is 5.69 Å². The molecular weight excluding hydrogens is 493 g/mol. The number of aryl methyl sites for hydroxylation is 2. The largest absolute Gasteiger partial charge is 0.481 e. The number of halogens is 1. The fourth-order valence-corrected chi connectivity index (χ4v) is 5.26. The summed E-state index contributed by atoms with van der Waals surface area (Å²) in [4.78, 5) is 32.6. The van der Waals surface area contributed by atoms with Crippen LogP contribution in [0.5, 0.6) is 0 Å². The van der Waals surface area contributed by atoms with Crippen molar-refractivity contribution in [3.8, 4) is 11.3 Å². The van der Waals surface area contributed by atoms with Gasteiger partial charge in [0.05, 0.1) is 23.8 Å². The Hall–Kier alpha value is -4.57. The summed E-state index contributed by atoms with van der Waals surface area (Å²) in [6.07, 6.45) is 4.61. The first kappa shape index (κ1) is 26.1. The molecule has 2 N–H and O–H groups in total. The zero-order chi connectivity index (χ0) is 27.4. The van der Waals surface area contributed by atoms with Crippen LogP contribution < -0.4 is 5.32 Å². The molecule has 0 spiro atoms. The number of nitrogens with zero attached hydrogens (tertiary/aromatic N) is 2. The lowest BCUT2D eigenvalue weighted by atomic mass is 9.87. The molecule has 0 fully saturated rings. The number of amides is 1. The van der Waals surface area contributed by atoms with E-state index in [0.717, 1.165) is 58.1 Å². The Labute approximate surface area is 226 Å². The minimum atomic E-state index is -0.825. The lowest BCUT2D eigenvalue weighted by molar-refractivity contribution is -0.137. The number of carbonyl (C=O) groups is 2. The van der Waals surface area contributed by atoms with Crippen molar-refractivity contribution < 1.29 is 19.1 Å². The second kappa shape index (κ2) is 11.4. The average molecular weight is 522 g/mol. The first-order chi connectivity index (χ1) is 18.9. The van der Waals surface area contributed by atoms with Gasteiger partial charge >= 0.3 is 5.97 Å². The molecule has 7 heteroatoms. The molecule has 6 nitrogen and oxygen atoms in total. The SMILES string of the molecule is [C-]#[N+]c1ccc2c(c1)CCC[C@H]2NC(=O)c1ccc2nc(-c3ccc(F)cc3)c(CCCCC(=O)O)cc2c1. The second-order valence-corrected chi connectivity index (χ2v) is 9.92. The maximum absolute atomic E-state index is 13.6. The van der Waals surface area contributed by atoms with Crippen molar-refractivity contribution >= 4 is 28.5 Å². The topological polar surface area (TPSA) is 83.7 Å². The van der Waals surface area contributed by atoms with Crippen molar-refractivity contribution in [2.45, 2.75) is 51.0 Å². The minimum Gasteiger partial charge on any atom is -0.481 e. The van der Waals surface area contributed by atoms with Gasteiger partial charge in [0.1, 0.15) is 5.82 Å². The standard InChI is InChI=1S/C32H28FN3O3/c1-34-26-14-15-27-21(19-26)6-4-7-29(27)36-32(39)23-11-16-28-24(18-23)17-22(5-2-3-8-30(37)38)31(35-28)20-9-12-25(33)13-10-20/h9-19,29H,2-8H2,(H,36,39)(H,37,38)/t29-/m1/s1. The zero-order valence-corrected chi connectivity index (χ0v) is 21.4. The van der Waals surface area contributed by atoms with Crippen LogP contribution in [0.3, 0.4) is 0 Å². The molecule has 0 saturated carbocycles. The third kappa shape index (κ3) is 5.96. The second-order valence-electron chi connectivity index (χ2n) is 9.92. The summed E-state index contributed by atoms with van der Waals surface area (Å²) < 4.78 is 13.6. The van der Waals surface area contributed by atoms with E-state index in [2.05, 4.69) is 10.2 Å². The van der Waals surface area contributed by atoms with Crippen LogP contribution in [0.25, 0.3) is 27.0 Å². The normalized spacial score (nSPS) is 14.4. The number of aromatic nitrogens is 1. The molecule has 196 valence electrons. The van der Waals surface area contributed by atoms with Crippen LogP contribution in [0.15, 0.2) is 66.7 Å². The Morgan fingerprint density at radius 3 is 2.64 bits per heavy atom. The third-order valence-corrected chi connectivity index (χ3v) is 7.24. The molecule has 1 aromatic heterocycles. The molecular formula is C32H28FN3O3. The van der Waals surface area contributed by atoms with Crippen LogP contribution in [0, 0.1) is 12.4 Å². The third-order valence-electron chi connectivity index (χ3n) is 7.24. The van der Waals surface area contributed by atoms with Gasteiger partial charge in [0.2, 0.25) is 0 Å². The van der Waals surface area contributed by atoms with E-state index >= 15 is 0 Å². The Morgan fingerprint density at radius 2 is 1.87 bits per heavy atom. The van der Waals surface area contributed by atoms with Gasteiger partial charge in [0, 0.05) is 22.9 Å². The Bertz CT molecular complexity index is 1590. The van der Waals surface area contributed by atoms with Gasteiger partial charge < -0.3 is 10.4 Å². The number of rotatable bonds is 8. The highest BCUT2D eigenvalue weighted by molar-refractivity contribution is 5.98. The molecule has 1 aliphatic carbocycles. The first-order valence-corrected chi connectivity index (χ1v) is 13.1. The van der Waals surface area contributed by atoms with Crippen LogP contribution in [-0.2, 0) is 17.6 Å². The van der Waals surface area contributed by atoms with Crippen LogP contribution in [0.4, 0.5) is 10.1 Å². The number of carboxylic acids is 1. The minimum absolute atomic E-state index is 0.0979. The summed E-state index contributed by atoms with van der Waals surface area (Å²) in [6, 6.07) is 19.1. The quantitative estimate of drug-likeness (QED) is 0.190. The van der Waals surface area contributed by atoms with Crippen molar-refractivity contribution in [1.29, 1.82) is 0 Å². The Kier molecular flexibility index (Phi) is 7.64. The van der Waals surface area contributed by atoms with Gasteiger partial charge in [-0.05, 0) is 98.2 Å². The maximum Gasteiger partial charge on any atom is 0.303 e. The molecule has 5 rings (SSSR count). The van der Waals surface area contributed by atoms with E-state index in [1.165, 1.54) is 12.1 Å². The highest BCUT2D eigenvalue weighted by atomic mass is 19.1. The van der Waals surface area contributed by atoms with Crippen molar-refractivity contribution in [2.75, 3.05) is 0 Å². The molecule has 0 unspecified atom stereocenters. The number of hydrogen-bond donors (Lipinski definition) is 2. The van der Waals surface area contributed by atoms with Crippen LogP contribution in [-0.4, -0.2) is 22.0 Å². The summed E-state index contributed by atoms with van der Waals surface area (Å²) in [5, 5.41) is 13.0. The number of nitrogens with one attached hydrogen (secondary N) is 1. The fourth-order valence-electron chi connectivity index (χ4n) is 5.26. The number of fused-ring (bicyclic) bond motifs is 2. The molecule has 3 aromatic carbocycles. The molecule has 1 amide bonds. The molecule has 0 bridgehead atoms. The number of pyridine rings is 1. The lowest BCUT2D eigenvalue weighted by Crippen LogP contribution is -2.30. The summed E-state index contributed by atoms with van der Waals surface area (Å²) in [5.41, 5.74) is 6.48. The van der Waals surface area contributed by atoms with Gasteiger partial charge in [-0.25, -0.2) is 14.2 Å². The first-order valence-electron chi connectivity index (χ1n) is 13.1. The number of carboxylic acid groups (broad SMARTS) is 1. The predicted octanol–water partition coefficient (Wildman–Crippen LogP) is 7.20. The number of aliphatic carboxylic acids is 1. The van der Waals surface area contributed by atoms with E-state index in [-0.39, 0.29) is 24.2 Å². The van der Waals surface area contributed by atoms with Crippen LogP contribution in [0.1, 0.15) is 65.2 Å². The van der Waals surface area contributed by atoms with Gasteiger partial charge in [-0.1, -0.05) is 23.8 Å². The molecule has 0 aliphatic heterocycles. The van der Waals surface area contributed by atoms with Crippen molar-refractivity contribution in [1.82, 2.24) is 10.3 Å². The fraction of sp³-hybridized carbons (Fsp3) is 0.250. The van der Waals surface area contributed by atoms with E-state index in [1.807, 2.05) is 30.3 Å². The van der Waals surface area contributed by atoms with Crippen LogP contribution >= 0.6 is 0 Å². The Balaban J connectivity index is 1.43. The summed E-state index contributed by atoms with van der Waals surface area (Å²) in [5.74, 6) is -1.33. The summed E-state index contributed by atoms with van der Waals surface area (Å²) in [6.45, 7) is 7.26. The number of benzene rings is 3. The van der Waals surface area contributed by atoms with Gasteiger partial charge in [-0.2, -0.15) is 0 Å². The lowest BCUT2D eigenvalue weighted by Gasteiger charge is -2.26. The Morgan fingerprint density at radius 1 is 1.05 bits per heavy atom. The van der Waals surface area contributed by atoms with Crippen molar-refractivity contribution in [3.05, 3.63) is 106 Å². The zero-order valence-electron chi connectivity index (χ0n) is 21.4. The van der Waals surface area contributed by atoms with Crippen molar-refractivity contribution in [2.24, 2.45) is 0 Å². The van der Waals surface area contributed by atoms with Gasteiger partial charge in [-0.3, -0.25) is 9.59 Å². The number of hydrogen-bond acceptors (Lipinski definition) is 3. The average Bonchev–Trinajstić information content (AvgIpc) is 2.94. The summed E-state index contributed by atoms with van der Waals surface area (Å²) in [7, 11) is 0. The molecule has 4 aromatic rings. The number of carbonyl (C=O) groups excluding carboxylic acids is 1. The van der Waals surface area contributed by atoms with E-state index in [1.54, 1.807) is 24.3 Å². The van der Waals surface area contributed by atoms with Gasteiger partial charge in [0.25, 0.3) is 5.91 Å². The monoisotopic (exact) mass is 521 g/mol. The maximum atomic E-state index is 13.6. The van der Waals surface area contributed by atoms with E-state index < -0.39 is 5.97 Å². The molecule has 0 radical (unpaired) electrons. The number of unbranched alkanes of at least 4 members (excludes halogenated alkanes) is 1. The van der Waals surface area contributed by atoms with Crippen LogP contribution in [0.2, 0.25) is 0 Å². The predicted molar refractivity (Wildman–Crippen MR) is 148 cm³/mol. The van der Waals surface area contributed by atoms with Gasteiger partial charge in [-0.15, -0.1) is 0 Å². The smallest absolute Gasteiger partial charge is 0.303 e. The molecule has 1 atom stereocenters. The summed E-state index contributed by atoms with van der Waals surface area (Å²) >= 11 is 0.